The van der Waals surface area contributed by atoms with Gasteiger partial charge in [-0.15, -0.1) is 16.6 Å². The number of anilines is 1. The zero-order valence-corrected chi connectivity index (χ0v) is 9.01. The van der Waals surface area contributed by atoms with Crippen molar-refractivity contribution in [2.24, 2.45) is 7.05 Å². The maximum absolute atomic E-state index is 5.17. The minimum absolute atomic E-state index is 0.531. The Balaban J connectivity index is 2.20. The molecule has 1 N–H and O–H groups in total. The summed E-state index contributed by atoms with van der Waals surface area (Å²) < 4.78 is 1.88. The molecule has 0 saturated carbocycles. The predicted molar refractivity (Wildman–Crippen MR) is 63.8 cm³/mol. The van der Waals surface area contributed by atoms with E-state index in [1.54, 1.807) is 6.33 Å². The Hall–Kier alpha value is -2.28. The number of terminal acetylenes is 1. The predicted octanol–water partition coefficient (Wildman–Crippen LogP) is 1.53. The highest BCUT2D eigenvalue weighted by Gasteiger charge is 2.03. The average molecular weight is 212 g/mol. The normalized spacial score (nSPS) is 9.75. The Kier molecular flexibility index (Phi) is 2.88. The molecule has 1 aromatic heterocycles. The highest BCUT2D eigenvalue weighted by molar-refractivity contribution is 5.59. The second-order valence-corrected chi connectivity index (χ2v) is 3.40. The number of nitrogens with zero attached hydrogens (tertiary/aromatic N) is 3. The van der Waals surface area contributed by atoms with Crippen LogP contribution in [0.15, 0.2) is 30.6 Å². The van der Waals surface area contributed by atoms with Gasteiger partial charge in [0.2, 0.25) is 0 Å². The molecular weight excluding hydrogens is 200 g/mol. The first-order valence-electron chi connectivity index (χ1n) is 4.93. The summed E-state index contributed by atoms with van der Waals surface area (Å²) >= 11 is 0. The minimum Gasteiger partial charge on any atom is -0.374 e. The van der Waals surface area contributed by atoms with Gasteiger partial charge >= 0.3 is 0 Å². The molecule has 0 atom stereocenters. The van der Waals surface area contributed by atoms with Gasteiger partial charge in [0.1, 0.15) is 6.33 Å². The van der Waals surface area contributed by atoms with E-state index < -0.39 is 0 Å². The van der Waals surface area contributed by atoms with Crippen molar-refractivity contribution in [1.82, 2.24) is 14.8 Å². The topological polar surface area (TPSA) is 42.7 Å². The van der Waals surface area contributed by atoms with E-state index in [-0.39, 0.29) is 0 Å². The van der Waals surface area contributed by atoms with Gasteiger partial charge in [-0.3, -0.25) is 0 Å². The van der Waals surface area contributed by atoms with E-state index in [0.717, 1.165) is 17.1 Å². The summed E-state index contributed by atoms with van der Waals surface area (Å²) in [6.07, 6.45) is 6.85. The summed E-state index contributed by atoms with van der Waals surface area (Å²) in [7, 11) is 1.92. The van der Waals surface area contributed by atoms with E-state index in [4.69, 9.17) is 6.42 Å². The van der Waals surface area contributed by atoms with E-state index >= 15 is 0 Å². The zero-order valence-electron chi connectivity index (χ0n) is 9.01. The van der Waals surface area contributed by atoms with Crippen molar-refractivity contribution in [1.29, 1.82) is 0 Å². The SMILES string of the molecule is C#CCNc1ccc(-c2nncn2C)cc1. The molecule has 0 amide bonds. The van der Waals surface area contributed by atoms with Gasteiger partial charge in [0.25, 0.3) is 0 Å². The molecule has 0 unspecified atom stereocenters. The van der Waals surface area contributed by atoms with Crippen LogP contribution in [-0.2, 0) is 7.05 Å². The van der Waals surface area contributed by atoms with E-state index in [1.807, 2.05) is 35.9 Å². The molecule has 0 saturated heterocycles. The third-order valence-corrected chi connectivity index (χ3v) is 2.25. The highest BCUT2D eigenvalue weighted by atomic mass is 15.2. The Morgan fingerprint density at radius 1 is 1.38 bits per heavy atom. The minimum atomic E-state index is 0.531. The molecule has 0 aliphatic rings. The zero-order chi connectivity index (χ0) is 11.4. The summed E-state index contributed by atoms with van der Waals surface area (Å²) in [6, 6.07) is 7.93. The largest absolute Gasteiger partial charge is 0.374 e. The molecule has 1 heterocycles. The Morgan fingerprint density at radius 2 is 2.12 bits per heavy atom. The van der Waals surface area contributed by atoms with Crippen molar-refractivity contribution in [2.45, 2.75) is 0 Å². The number of aryl methyl sites for hydroxylation is 1. The molecule has 2 aromatic rings. The fourth-order valence-corrected chi connectivity index (χ4v) is 1.43. The summed E-state index contributed by atoms with van der Waals surface area (Å²) in [5.74, 6) is 3.38. The summed E-state index contributed by atoms with van der Waals surface area (Å²) in [4.78, 5) is 0. The van der Waals surface area contributed by atoms with Crippen molar-refractivity contribution in [3.63, 3.8) is 0 Å². The number of hydrogen-bond acceptors (Lipinski definition) is 3. The van der Waals surface area contributed by atoms with Crippen molar-refractivity contribution >= 4 is 5.69 Å². The van der Waals surface area contributed by atoms with Gasteiger partial charge in [0, 0.05) is 18.3 Å². The van der Waals surface area contributed by atoms with Crippen LogP contribution >= 0.6 is 0 Å². The number of hydrogen-bond donors (Lipinski definition) is 1. The van der Waals surface area contributed by atoms with Crippen molar-refractivity contribution < 1.29 is 0 Å². The molecule has 0 radical (unpaired) electrons. The molecular formula is C12H12N4. The highest BCUT2D eigenvalue weighted by Crippen LogP contribution is 2.18. The Morgan fingerprint density at radius 3 is 2.69 bits per heavy atom. The van der Waals surface area contributed by atoms with Gasteiger partial charge in [-0.1, -0.05) is 5.92 Å². The van der Waals surface area contributed by atoms with Crippen LogP contribution in [0.2, 0.25) is 0 Å². The molecule has 4 nitrogen and oxygen atoms in total. The molecule has 0 spiro atoms. The maximum Gasteiger partial charge on any atom is 0.163 e. The molecule has 80 valence electrons. The second-order valence-electron chi connectivity index (χ2n) is 3.40. The first kappa shape index (κ1) is 10.2. The molecule has 16 heavy (non-hydrogen) atoms. The van der Waals surface area contributed by atoms with Gasteiger partial charge in [0.05, 0.1) is 6.54 Å². The molecule has 4 heteroatoms. The molecule has 2 rings (SSSR count). The second kappa shape index (κ2) is 4.49. The van der Waals surface area contributed by atoms with Crippen LogP contribution in [0.5, 0.6) is 0 Å². The molecule has 0 fully saturated rings. The van der Waals surface area contributed by atoms with Crippen molar-refractivity contribution in [3.05, 3.63) is 30.6 Å². The number of nitrogens with one attached hydrogen (secondary N) is 1. The monoisotopic (exact) mass is 212 g/mol. The average Bonchev–Trinajstić information content (AvgIpc) is 2.74. The van der Waals surface area contributed by atoms with E-state index in [1.165, 1.54) is 0 Å². The van der Waals surface area contributed by atoms with Crippen LogP contribution in [0.4, 0.5) is 5.69 Å². The van der Waals surface area contributed by atoms with Crippen LogP contribution in [0.25, 0.3) is 11.4 Å². The van der Waals surface area contributed by atoms with Crippen LogP contribution in [0.3, 0.4) is 0 Å². The summed E-state index contributed by atoms with van der Waals surface area (Å²) in [5.41, 5.74) is 2.04. The van der Waals surface area contributed by atoms with Gasteiger partial charge in [-0.2, -0.15) is 0 Å². The van der Waals surface area contributed by atoms with Crippen LogP contribution < -0.4 is 5.32 Å². The van der Waals surface area contributed by atoms with Crippen LogP contribution in [0, 0.1) is 12.3 Å². The van der Waals surface area contributed by atoms with E-state index in [0.29, 0.717) is 6.54 Å². The van der Waals surface area contributed by atoms with Crippen LogP contribution in [0.1, 0.15) is 0 Å². The number of aromatic nitrogens is 3. The van der Waals surface area contributed by atoms with E-state index in [2.05, 4.69) is 21.4 Å². The molecule has 0 aliphatic heterocycles. The smallest absolute Gasteiger partial charge is 0.163 e. The van der Waals surface area contributed by atoms with Crippen LogP contribution in [-0.4, -0.2) is 21.3 Å². The van der Waals surface area contributed by atoms with Gasteiger partial charge in [-0.05, 0) is 24.3 Å². The quantitative estimate of drug-likeness (QED) is 0.784. The molecule has 1 aromatic carbocycles. The summed E-state index contributed by atoms with van der Waals surface area (Å²) in [6.45, 7) is 0.531. The van der Waals surface area contributed by atoms with E-state index in [9.17, 15) is 0 Å². The fraction of sp³-hybridized carbons (Fsp3) is 0.167. The lowest BCUT2D eigenvalue weighted by Gasteiger charge is -2.04. The van der Waals surface area contributed by atoms with Gasteiger partial charge < -0.3 is 9.88 Å². The van der Waals surface area contributed by atoms with Crippen molar-refractivity contribution in [2.75, 3.05) is 11.9 Å². The lowest BCUT2D eigenvalue weighted by Crippen LogP contribution is -1.98. The third kappa shape index (κ3) is 2.04. The fourth-order valence-electron chi connectivity index (χ4n) is 1.43. The Labute approximate surface area is 94.3 Å². The molecule has 0 aliphatic carbocycles. The first-order chi connectivity index (χ1) is 7.81. The van der Waals surface area contributed by atoms with Gasteiger partial charge in [-0.25, -0.2) is 0 Å². The Bertz CT molecular complexity index is 505. The molecule has 0 bridgehead atoms. The maximum atomic E-state index is 5.17. The lowest BCUT2D eigenvalue weighted by atomic mass is 10.2. The number of benzene rings is 1. The number of rotatable bonds is 3. The summed E-state index contributed by atoms with van der Waals surface area (Å²) in [5, 5.41) is 11.0. The lowest BCUT2D eigenvalue weighted by molar-refractivity contribution is 0.920. The van der Waals surface area contributed by atoms with Crippen molar-refractivity contribution in [3.8, 4) is 23.7 Å². The third-order valence-electron chi connectivity index (χ3n) is 2.25. The first-order valence-corrected chi connectivity index (χ1v) is 4.93. The van der Waals surface area contributed by atoms with Gasteiger partial charge in [0.15, 0.2) is 5.82 Å². The standard InChI is InChI=1S/C12H12N4/c1-3-8-13-11-6-4-10(5-7-11)12-15-14-9-16(12)2/h1,4-7,9,13H,8H2,2H3.